The number of amidine groups is 1. The van der Waals surface area contributed by atoms with Crippen molar-refractivity contribution in [3.63, 3.8) is 0 Å². The largest absolute Gasteiger partial charge is 0.497 e. The molecule has 0 amide bonds. The van der Waals surface area contributed by atoms with Crippen molar-refractivity contribution in [3.05, 3.63) is 53.8 Å². The van der Waals surface area contributed by atoms with E-state index in [1.807, 2.05) is 29.2 Å². The maximum absolute atomic E-state index is 15.0. The fraction of sp³-hybridized carbons (Fsp3) is 0.409. The van der Waals surface area contributed by atoms with Crippen LogP contribution in [0.15, 0.2) is 42.5 Å². The molecule has 5 nitrogen and oxygen atoms in total. The molecule has 0 aliphatic carbocycles. The van der Waals surface area contributed by atoms with Crippen molar-refractivity contribution >= 4 is 11.5 Å². The first-order chi connectivity index (χ1) is 13.6. The van der Waals surface area contributed by atoms with Crippen molar-refractivity contribution in [2.24, 2.45) is 0 Å². The first-order valence-corrected chi connectivity index (χ1v) is 9.68. The van der Waals surface area contributed by atoms with E-state index in [2.05, 4.69) is 4.58 Å². The van der Waals surface area contributed by atoms with Gasteiger partial charge in [-0.05, 0) is 55.7 Å². The van der Waals surface area contributed by atoms with Crippen molar-refractivity contribution in [1.29, 1.82) is 0 Å². The van der Waals surface area contributed by atoms with Crippen LogP contribution >= 0.6 is 0 Å². The van der Waals surface area contributed by atoms with Crippen molar-refractivity contribution in [3.8, 4) is 11.5 Å². The second-order valence-corrected chi connectivity index (χ2v) is 7.34. The second-order valence-electron chi connectivity index (χ2n) is 7.34. The monoisotopic (exact) mass is 385 g/mol. The summed E-state index contributed by atoms with van der Waals surface area (Å²) in [7, 11) is 3.12. The number of hydrogen-bond donors (Lipinski definition) is 1. The van der Waals surface area contributed by atoms with E-state index in [-0.39, 0.29) is 5.56 Å². The van der Waals surface area contributed by atoms with Gasteiger partial charge in [0.25, 0.3) is 11.6 Å². The zero-order chi connectivity index (χ0) is 19.7. The molecule has 1 N–H and O–H groups in total. The van der Waals surface area contributed by atoms with Gasteiger partial charge in [-0.25, -0.2) is 4.39 Å². The molecule has 2 aliphatic heterocycles. The molecule has 0 bridgehead atoms. The van der Waals surface area contributed by atoms with Crippen LogP contribution in [0, 0.1) is 5.82 Å². The summed E-state index contributed by atoms with van der Waals surface area (Å²) >= 11 is 0. The third-order valence-corrected chi connectivity index (χ3v) is 5.67. The molecule has 0 saturated carbocycles. The number of nitrogens with zero attached hydrogens (tertiary/aromatic N) is 2. The molecular weight excluding hydrogens is 359 g/mol. The summed E-state index contributed by atoms with van der Waals surface area (Å²) in [6, 6.07) is 12.2. The van der Waals surface area contributed by atoms with E-state index in [1.165, 1.54) is 13.2 Å². The Hall–Kier alpha value is -2.60. The molecule has 28 heavy (non-hydrogen) atoms. The summed E-state index contributed by atoms with van der Waals surface area (Å²) in [6.45, 7) is 1.19. The van der Waals surface area contributed by atoms with E-state index >= 15 is 0 Å². The number of rotatable bonds is 4. The van der Waals surface area contributed by atoms with Crippen LogP contribution in [0.1, 0.15) is 31.2 Å². The number of ether oxygens (including phenoxy) is 2. The number of hydrogen-bond acceptors (Lipinski definition) is 4. The number of methoxy groups -OCH3 is 2. The number of aliphatic hydroxyl groups is 1. The second kappa shape index (κ2) is 7.43. The molecule has 0 spiro atoms. The summed E-state index contributed by atoms with van der Waals surface area (Å²) in [4.78, 5) is 1.89. The predicted molar refractivity (Wildman–Crippen MR) is 106 cm³/mol. The molecule has 2 aromatic carbocycles. The summed E-state index contributed by atoms with van der Waals surface area (Å²) in [5, 5.41) is 11.8. The van der Waals surface area contributed by atoms with Gasteiger partial charge >= 0.3 is 0 Å². The summed E-state index contributed by atoms with van der Waals surface area (Å²) in [5.74, 6) is 1.74. The van der Waals surface area contributed by atoms with Gasteiger partial charge in [-0.1, -0.05) is 0 Å². The number of benzene rings is 2. The summed E-state index contributed by atoms with van der Waals surface area (Å²) in [5.41, 5.74) is -0.417. The zero-order valence-electron chi connectivity index (χ0n) is 16.3. The average Bonchev–Trinajstić information content (AvgIpc) is 2.84. The Balaban J connectivity index is 1.83. The minimum Gasteiger partial charge on any atom is -0.497 e. The first-order valence-electron chi connectivity index (χ1n) is 9.68. The lowest BCUT2D eigenvalue weighted by Crippen LogP contribution is -2.48. The minimum atomic E-state index is -1.49. The van der Waals surface area contributed by atoms with Gasteiger partial charge in [-0.3, -0.25) is 4.58 Å². The smallest absolute Gasteiger partial charge is 0.278 e. The maximum Gasteiger partial charge on any atom is 0.278 e. The third-order valence-electron chi connectivity index (χ3n) is 5.67. The van der Waals surface area contributed by atoms with Crippen LogP contribution in [-0.2, 0) is 5.72 Å². The van der Waals surface area contributed by atoms with Crippen LogP contribution < -0.4 is 14.4 Å². The fourth-order valence-electron chi connectivity index (χ4n) is 4.27. The molecule has 0 unspecified atom stereocenters. The zero-order valence-corrected chi connectivity index (χ0v) is 16.3. The Kier molecular flexibility index (Phi) is 4.98. The molecule has 1 atom stereocenters. The van der Waals surface area contributed by atoms with Gasteiger partial charge in [-0.15, -0.1) is 0 Å². The average molecular weight is 385 g/mol. The molecular formula is C22H26FN2O3+. The Morgan fingerprint density at radius 3 is 2.39 bits per heavy atom. The molecule has 2 aromatic rings. The summed E-state index contributed by atoms with van der Waals surface area (Å²) in [6.07, 6.45) is 4.14. The molecule has 0 aromatic heterocycles. The lowest BCUT2D eigenvalue weighted by atomic mass is 9.99. The molecule has 6 heteroatoms. The van der Waals surface area contributed by atoms with E-state index < -0.39 is 11.5 Å². The number of anilines is 1. The SMILES string of the molecule is COc1ccc(N2C3=[N+](CCCCC3)C[C@]2(O)c2ccc(OC)cc2F)cc1. The lowest BCUT2D eigenvalue weighted by Gasteiger charge is -2.29. The lowest BCUT2D eigenvalue weighted by molar-refractivity contribution is -0.534. The molecule has 0 radical (unpaired) electrons. The van der Waals surface area contributed by atoms with E-state index in [9.17, 15) is 9.50 Å². The maximum atomic E-state index is 15.0. The Morgan fingerprint density at radius 2 is 1.71 bits per heavy atom. The van der Waals surface area contributed by atoms with E-state index in [0.717, 1.165) is 49.5 Å². The van der Waals surface area contributed by atoms with Crippen LogP contribution in [0.25, 0.3) is 0 Å². The molecule has 2 heterocycles. The Labute approximate surface area is 164 Å². The molecule has 2 aliphatic rings. The van der Waals surface area contributed by atoms with Gasteiger partial charge in [0.2, 0.25) is 0 Å². The van der Waals surface area contributed by atoms with Gasteiger partial charge in [0, 0.05) is 12.5 Å². The highest BCUT2D eigenvalue weighted by molar-refractivity contribution is 5.97. The highest BCUT2D eigenvalue weighted by Crippen LogP contribution is 2.39. The van der Waals surface area contributed by atoms with Crippen LogP contribution in [0.2, 0.25) is 0 Å². The normalized spacial score (nSPS) is 22.1. The van der Waals surface area contributed by atoms with Crippen molar-refractivity contribution in [1.82, 2.24) is 0 Å². The Morgan fingerprint density at radius 1 is 1.00 bits per heavy atom. The van der Waals surface area contributed by atoms with Crippen LogP contribution in [0.5, 0.6) is 11.5 Å². The predicted octanol–water partition coefficient (Wildman–Crippen LogP) is 3.49. The minimum absolute atomic E-state index is 0.254. The first kappa shape index (κ1) is 18.7. The van der Waals surface area contributed by atoms with Crippen LogP contribution in [0.4, 0.5) is 10.1 Å². The van der Waals surface area contributed by atoms with Crippen LogP contribution in [0.3, 0.4) is 0 Å². The van der Waals surface area contributed by atoms with E-state index in [0.29, 0.717) is 12.3 Å². The summed E-state index contributed by atoms with van der Waals surface area (Å²) < 4.78 is 27.6. The van der Waals surface area contributed by atoms with Crippen LogP contribution in [-0.4, -0.2) is 42.8 Å². The standard InChI is InChI=1S/C22H26FN2O3/c1-27-17-9-7-16(8-10-17)25-21-6-4-3-5-13-24(21)15-22(25,26)19-12-11-18(28-2)14-20(19)23/h7-12,14,26H,3-6,13,15H2,1-2H3/q+1/t22-/m0/s1. The Bertz CT molecular complexity index is 897. The molecule has 148 valence electrons. The fourth-order valence-corrected chi connectivity index (χ4v) is 4.27. The van der Waals surface area contributed by atoms with E-state index in [1.54, 1.807) is 19.2 Å². The topological polar surface area (TPSA) is 44.9 Å². The van der Waals surface area contributed by atoms with Crippen molar-refractivity contribution in [2.75, 3.05) is 32.2 Å². The van der Waals surface area contributed by atoms with Gasteiger partial charge in [-0.2, -0.15) is 4.90 Å². The van der Waals surface area contributed by atoms with Gasteiger partial charge in [0.05, 0.1) is 26.3 Å². The van der Waals surface area contributed by atoms with Gasteiger partial charge in [0.1, 0.15) is 23.0 Å². The van der Waals surface area contributed by atoms with E-state index in [4.69, 9.17) is 9.47 Å². The quantitative estimate of drug-likeness (QED) is 0.819. The van der Waals surface area contributed by atoms with Crippen molar-refractivity contribution < 1.29 is 23.5 Å². The van der Waals surface area contributed by atoms with Crippen molar-refractivity contribution in [2.45, 2.75) is 31.4 Å². The molecule has 0 fully saturated rings. The highest BCUT2D eigenvalue weighted by Gasteiger charge is 2.55. The highest BCUT2D eigenvalue weighted by atomic mass is 19.1. The third kappa shape index (κ3) is 3.11. The molecule has 0 saturated heterocycles. The van der Waals surface area contributed by atoms with Gasteiger partial charge in [0.15, 0.2) is 6.54 Å². The van der Waals surface area contributed by atoms with Gasteiger partial charge < -0.3 is 14.6 Å². The molecule has 4 rings (SSSR count). The number of halogens is 1.